The van der Waals surface area contributed by atoms with Crippen molar-refractivity contribution in [1.82, 2.24) is 15.2 Å². The average molecular weight is 299 g/mol. The first-order valence-corrected chi connectivity index (χ1v) is 6.63. The second-order valence-electron chi connectivity index (χ2n) is 3.53. The Hall–Kier alpha value is -2.69. The third-order valence-corrected chi connectivity index (χ3v) is 3.64. The molecule has 0 aliphatic rings. The lowest BCUT2D eigenvalue weighted by Crippen LogP contribution is -2.14. The average Bonchev–Trinajstić information content (AvgIpc) is 2.89. The molecule has 0 amide bonds. The van der Waals surface area contributed by atoms with E-state index in [-0.39, 0.29) is 16.6 Å². The molecule has 2 rings (SSSR count). The highest BCUT2D eigenvalue weighted by atomic mass is 32.2. The quantitative estimate of drug-likeness (QED) is 0.605. The van der Waals surface area contributed by atoms with Gasteiger partial charge in [-0.15, -0.1) is 0 Å². The molecule has 106 valence electrons. The van der Waals surface area contributed by atoms with Crippen LogP contribution in [0.15, 0.2) is 29.4 Å². The van der Waals surface area contributed by atoms with E-state index in [9.17, 15) is 18.5 Å². The minimum Gasteiger partial charge on any atom is -0.490 e. The molecule has 1 heterocycles. The van der Waals surface area contributed by atoms with Crippen LogP contribution in [-0.4, -0.2) is 35.6 Å². The van der Waals surface area contributed by atoms with E-state index in [1.165, 1.54) is 19.2 Å². The van der Waals surface area contributed by atoms with Crippen LogP contribution in [0.5, 0.6) is 5.75 Å². The van der Waals surface area contributed by atoms with Gasteiger partial charge in [0.15, 0.2) is 5.75 Å². The summed E-state index contributed by atoms with van der Waals surface area (Å²) in [4.78, 5) is 13.4. The van der Waals surface area contributed by atoms with Gasteiger partial charge in [-0.2, -0.15) is 10.1 Å². The number of rotatable bonds is 5. The summed E-state index contributed by atoms with van der Waals surface area (Å²) in [5.41, 5.74) is -0.451. The maximum atomic E-state index is 12.0. The van der Waals surface area contributed by atoms with Crippen molar-refractivity contribution in [3.05, 3.63) is 34.6 Å². The van der Waals surface area contributed by atoms with Crippen LogP contribution >= 0.6 is 0 Å². The highest BCUT2D eigenvalue weighted by Gasteiger charge is 2.22. The van der Waals surface area contributed by atoms with Crippen LogP contribution < -0.4 is 9.46 Å². The predicted molar refractivity (Wildman–Crippen MR) is 66.8 cm³/mol. The lowest BCUT2D eigenvalue weighted by atomic mass is 10.3. The first-order chi connectivity index (χ1) is 9.44. The van der Waals surface area contributed by atoms with Crippen LogP contribution in [0.1, 0.15) is 0 Å². The molecule has 2 aromatic rings. The van der Waals surface area contributed by atoms with Gasteiger partial charge >= 0.3 is 5.69 Å². The zero-order valence-corrected chi connectivity index (χ0v) is 10.9. The van der Waals surface area contributed by atoms with E-state index in [0.29, 0.717) is 0 Å². The number of sulfonamides is 1. The van der Waals surface area contributed by atoms with E-state index in [1.54, 1.807) is 0 Å². The number of nitrogens with one attached hydrogen (secondary N) is 2. The van der Waals surface area contributed by atoms with Crippen molar-refractivity contribution in [2.24, 2.45) is 0 Å². The van der Waals surface area contributed by atoms with Gasteiger partial charge in [-0.1, -0.05) is 0 Å². The summed E-state index contributed by atoms with van der Waals surface area (Å²) in [6.07, 6.45) is 1.12. The minimum absolute atomic E-state index is 0.0337. The van der Waals surface area contributed by atoms with E-state index < -0.39 is 20.6 Å². The lowest BCUT2D eigenvalue weighted by molar-refractivity contribution is -0.386. The highest BCUT2D eigenvalue weighted by Crippen LogP contribution is 2.29. The SMILES string of the molecule is COc1ccc(S(=O)(=O)Nc2ncn[nH]2)cc1[N+](=O)[O-]. The van der Waals surface area contributed by atoms with Crippen molar-refractivity contribution in [3.63, 3.8) is 0 Å². The molecule has 0 atom stereocenters. The topological polar surface area (TPSA) is 140 Å². The number of benzene rings is 1. The lowest BCUT2D eigenvalue weighted by Gasteiger charge is -2.06. The van der Waals surface area contributed by atoms with Crippen molar-refractivity contribution in [2.75, 3.05) is 11.8 Å². The van der Waals surface area contributed by atoms with Gasteiger partial charge in [-0.25, -0.2) is 18.2 Å². The Labute approximate surface area is 113 Å². The Morgan fingerprint density at radius 2 is 2.20 bits per heavy atom. The number of nitrogens with zero attached hydrogens (tertiary/aromatic N) is 3. The Bertz CT molecular complexity index is 727. The van der Waals surface area contributed by atoms with E-state index >= 15 is 0 Å². The molecule has 11 heteroatoms. The Morgan fingerprint density at radius 1 is 1.45 bits per heavy atom. The number of methoxy groups -OCH3 is 1. The Kier molecular flexibility index (Phi) is 3.52. The first-order valence-electron chi connectivity index (χ1n) is 5.14. The number of H-pyrrole nitrogens is 1. The number of hydrogen-bond donors (Lipinski definition) is 2. The van der Waals surface area contributed by atoms with Crippen LogP contribution in [0.4, 0.5) is 11.6 Å². The van der Waals surface area contributed by atoms with E-state index in [4.69, 9.17) is 4.74 Å². The zero-order chi connectivity index (χ0) is 14.8. The van der Waals surface area contributed by atoms with Gasteiger partial charge in [0.1, 0.15) is 6.33 Å². The second kappa shape index (κ2) is 5.13. The van der Waals surface area contributed by atoms with Crippen molar-refractivity contribution in [2.45, 2.75) is 4.90 Å². The molecular formula is C9H9N5O5S. The summed E-state index contributed by atoms with van der Waals surface area (Å²) >= 11 is 0. The van der Waals surface area contributed by atoms with Gasteiger partial charge in [0.2, 0.25) is 5.95 Å². The summed E-state index contributed by atoms with van der Waals surface area (Å²) in [5.74, 6) is -0.128. The molecule has 0 spiro atoms. The zero-order valence-electron chi connectivity index (χ0n) is 10.1. The molecule has 0 unspecified atom stereocenters. The second-order valence-corrected chi connectivity index (χ2v) is 5.21. The Morgan fingerprint density at radius 3 is 2.75 bits per heavy atom. The van der Waals surface area contributed by atoms with Crippen LogP contribution in [0.2, 0.25) is 0 Å². The van der Waals surface area contributed by atoms with Crippen LogP contribution in [0.3, 0.4) is 0 Å². The van der Waals surface area contributed by atoms with Crippen LogP contribution in [-0.2, 0) is 10.0 Å². The van der Waals surface area contributed by atoms with E-state index in [0.717, 1.165) is 12.4 Å². The molecule has 2 N–H and O–H groups in total. The van der Waals surface area contributed by atoms with Crippen molar-refractivity contribution in [3.8, 4) is 5.75 Å². The van der Waals surface area contributed by atoms with Gasteiger partial charge in [-0.05, 0) is 12.1 Å². The molecular weight excluding hydrogens is 290 g/mol. The summed E-state index contributed by atoms with van der Waals surface area (Å²) in [5, 5.41) is 16.7. The molecule has 0 aliphatic carbocycles. The standard InChI is InChI=1S/C9H9N5O5S/c1-19-8-3-2-6(4-7(8)14(15)16)20(17,18)13-9-10-5-11-12-9/h2-5H,1H3,(H2,10,11,12,13). The molecule has 0 bridgehead atoms. The van der Waals surface area contributed by atoms with Crippen LogP contribution in [0.25, 0.3) is 0 Å². The molecule has 20 heavy (non-hydrogen) atoms. The largest absolute Gasteiger partial charge is 0.490 e. The van der Waals surface area contributed by atoms with Gasteiger partial charge in [0.05, 0.1) is 16.9 Å². The molecule has 0 saturated heterocycles. The molecule has 1 aromatic heterocycles. The van der Waals surface area contributed by atoms with Crippen molar-refractivity contribution >= 4 is 21.7 Å². The minimum atomic E-state index is -4.01. The maximum absolute atomic E-state index is 12.0. The third-order valence-electron chi connectivity index (χ3n) is 2.30. The van der Waals surface area contributed by atoms with Gasteiger partial charge in [0.25, 0.3) is 10.0 Å². The normalized spacial score (nSPS) is 11.1. The summed E-state index contributed by atoms with van der Waals surface area (Å²) in [6, 6.07) is 3.29. The number of nitro groups is 1. The number of nitro benzene ring substituents is 1. The van der Waals surface area contributed by atoms with Gasteiger partial charge < -0.3 is 4.74 Å². The maximum Gasteiger partial charge on any atom is 0.312 e. The van der Waals surface area contributed by atoms with E-state index in [2.05, 4.69) is 19.9 Å². The highest BCUT2D eigenvalue weighted by molar-refractivity contribution is 7.92. The number of anilines is 1. The van der Waals surface area contributed by atoms with E-state index in [1.807, 2.05) is 0 Å². The number of ether oxygens (including phenoxy) is 1. The molecule has 0 aliphatic heterocycles. The number of hydrogen-bond acceptors (Lipinski definition) is 7. The molecule has 0 radical (unpaired) electrons. The number of aromatic nitrogens is 3. The molecule has 0 fully saturated rings. The number of aromatic amines is 1. The summed E-state index contributed by atoms with van der Waals surface area (Å²) < 4.78 is 30.9. The Balaban J connectivity index is 2.42. The molecule has 10 nitrogen and oxygen atoms in total. The fourth-order valence-electron chi connectivity index (χ4n) is 1.42. The molecule has 1 aromatic carbocycles. The smallest absolute Gasteiger partial charge is 0.312 e. The first kappa shape index (κ1) is 13.7. The monoisotopic (exact) mass is 299 g/mol. The van der Waals surface area contributed by atoms with Gasteiger partial charge in [-0.3, -0.25) is 10.1 Å². The fourth-order valence-corrected chi connectivity index (χ4v) is 2.41. The predicted octanol–water partition coefficient (Wildman–Crippen LogP) is 0.522. The van der Waals surface area contributed by atoms with Crippen molar-refractivity contribution in [1.29, 1.82) is 0 Å². The van der Waals surface area contributed by atoms with Gasteiger partial charge in [0, 0.05) is 6.07 Å². The van der Waals surface area contributed by atoms with Crippen LogP contribution in [0, 0.1) is 10.1 Å². The van der Waals surface area contributed by atoms with Crippen molar-refractivity contribution < 1.29 is 18.1 Å². The fraction of sp³-hybridized carbons (Fsp3) is 0.111. The third kappa shape index (κ3) is 2.66. The summed E-state index contributed by atoms with van der Waals surface area (Å²) in [6.45, 7) is 0. The summed E-state index contributed by atoms with van der Waals surface area (Å²) in [7, 11) is -2.75. The molecule has 0 saturated carbocycles.